The molecule has 9 aromatic carbocycles. The minimum absolute atomic E-state index is 0.678. The average molecular weight is 791 g/mol. The Balaban J connectivity index is 1.03. The summed E-state index contributed by atoms with van der Waals surface area (Å²) in [5.74, 6) is 0.678. The Morgan fingerprint density at radius 2 is 0.677 bits per heavy atom. The summed E-state index contributed by atoms with van der Waals surface area (Å²) in [5, 5.41) is 4.81. The fourth-order valence-corrected chi connectivity index (χ4v) is 9.17. The Hall–Kier alpha value is -8.34. The van der Waals surface area contributed by atoms with Crippen LogP contribution in [0, 0.1) is 0 Å². The van der Waals surface area contributed by atoms with Crippen LogP contribution in [0.4, 0.5) is 0 Å². The molecule has 0 bridgehead atoms. The van der Waals surface area contributed by atoms with Crippen LogP contribution in [0.15, 0.2) is 231 Å². The highest BCUT2D eigenvalue weighted by Crippen LogP contribution is 2.38. The van der Waals surface area contributed by atoms with E-state index in [-0.39, 0.29) is 0 Å². The van der Waals surface area contributed by atoms with Gasteiger partial charge in [-0.1, -0.05) is 164 Å². The summed E-state index contributed by atoms with van der Waals surface area (Å²) < 4.78 is 4.71. The lowest BCUT2D eigenvalue weighted by Gasteiger charge is -2.12. The molecule has 4 heteroatoms. The van der Waals surface area contributed by atoms with Gasteiger partial charge in [0.25, 0.3) is 0 Å². The number of benzene rings is 9. The van der Waals surface area contributed by atoms with E-state index in [9.17, 15) is 0 Å². The Kier molecular flexibility index (Phi) is 8.46. The van der Waals surface area contributed by atoms with Gasteiger partial charge in [-0.05, 0) is 89.0 Å². The third kappa shape index (κ3) is 6.08. The molecule has 0 saturated heterocycles. The summed E-state index contributed by atoms with van der Waals surface area (Å²) in [4.78, 5) is 10.7. The van der Waals surface area contributed by atoms with E-state index in [4.69, 9.17) is 9.97 Å². The monoisotopic (exact) mass is 790 g/mol. The molecular weight excluding hydrogens is 753 g/mol. The van der Waals surface area contributed by atoms with E-state index in [2.05, 4.69) is 240 Å². The number of aromatic nitrogens is 4. The second kappa shape index (κ2) is 14.7. The van der Waals surface area contributed by atoms with E-state index in [1.54, 1.807) is 0 Å². The minimum Gasteiger partial charge on any atom is -0.309 e. The fourth-order valence-electron chi connectivity index (χ4n) is 9.17. The van der Waals surface area contributed by atoms with E-state index in [0.717, 1.165) is 56.0 Å². The lowest BCUT2D eigenvalue weighted by Crippen LogP contribution is -1.97. The van der Waals surface area contributed by atoms with Crippen LogP contribution in [-0.2, 0) is 0 Å². The first-order chi connectivity index (χ1) is 30.7. The molecule has 0 aliphatic rings. The van der Waals surface area contributed by atoms with Gasteiger partial charge in [-0.25, -0.2) is 9.97 Å². The predicted molar refractivity (Wildman–Crippen MR) is 258 cm³/mol. The van der Waals surface area contributed by atoms with E-state index in [1.165, 1.54) is 49.3 Å². The molecule has 3 aromatic heterocycles. The van der Waals surface area contributed by atoms with Crippen molar-refractivity contribution >= 4 is 43.6 Å². The highest BCUT2D eigenvalue weighted by Gasteiger charge is 2.18. The van der Waals surface area contributed by atoms with Crippen LogP contribution in [0.25, 0.3) is 111 Å². The first-order valence-corrected chi connectivity index (χ1v) is 21.1. The summed E-state index contributed by atoms with van der Waals surface area (Å²) in [5.41, 5.74) is 16.3. The number of fused-ring (bicyclic) bond motifs is 6. The highest BCUT2D eigenvalue weighted by molar-refractivity contribution is 6.11. The van der Waals surface area contributed by atoms with Gasteiger partial charge in [-0.15, -0.1) is 0 Å². The Bertz CT molecular complexity index is 3600. The summed E-state index contributed by atoms with van der Waals surface area (Å²) in [7, 11) is 0. The van der Waals surface area contributed by atoms with Gasteiger partial charge >= 0.3 is 0 Å². The van der Waals surface area contributed by atoms with Crippen LogP contribution >= 0.6 is 0 Å². The molecule has 0 N–H and O–H groups in total. The lowest BCUT2D eigenvalue weighted by molar-refractivity contribution is 1.17. The van der Waals surface area contributed by atoms with E-state index in [1.807, 2.05) is 0 Å². The molecule has 12 aromatic rings. The second-order valence-corrected chi connectivity index (χ2v) is 15.8. The van der Waals surface area contributed by atoms with Crippen molar-refractivity contribution in [3.05, 3.63) is 231 Å². The maximum Gasteiger partial charge on any atom is 0.160 e. The topological polar surface area (TPSA) is 35.6 Å². The third-order valence-corrected chi connectivity index (χ3v) is 12.1. The zero-order valence-corrected chi connectivity index (χ0v) is 33.7. The molecule has 0 aliphatic carbocycles. The molecule has 0 spiro atoms. The predicted octanol–water partition coefficient (Wildman–Crippen LogP) is 15.0. The van der Waals surface area contributed by atoms with Gasteiger partial charge in [0, 0.05) is 49.6 Å². The van der Waals surface area contributed by atoms with Crippen LogP contribution in [0.2, 0.25) is 0 Å². The summed E-state index contributed by atoms with van der Waals surface area (Å²) in [6, 6.07) is 82.1. The molecule has 290 valence electrons. The van der Waals surface area contributed by atoms with Crippen LogP contribution in [-0.4, -0.2) is 19.1 Å². The Morgan fingerprint density at radius 3 is 1.32 bits per heavy atom. The van der Waals surface area contributed by atoms with E-state index < -0.39 is 0 Å². The maximum absolute atomic E-state index is 5.35. The molecule has 0 aliphatic heterocycles. The molecule has 0 unspecified atom stereocenters. The van der Waals surface area contributed by atoms with Gasteiger partial charge in [0.15, 0.2) is 5.82 Å². The first kappa shape index (κ1) is 35.6. The smallest absolute Gasteiger partial charge is 0.160 e. The number of para-hydroxylation sites is 4. The Morgan fingerprint density at radius 1 is 0.242 bits per heavy atom. The average Bonchev–Trinajstić information content (AvgIpc) is 3.87. The van der Waals surface area contributed by atoms with Crippen LogP contribution in [0.3, 0.4) is 0 Å². The number of nitrogens with zero attached hydrogens (tertiary/aromatic N) is 4. The van der Waals surface area contributed by atoms with Crippen molar-refractivity contribution in [2.75, 3.05) is 0 Å². The van der Waals surface area contributed by atoms with Crippen molar-refractivity contribution in [3.8, 4) is 67.5 Å². The normalized spacial score (nSPS) is 11.5. The zero-order valence-electron chi connectivity index (χ0n) is 33.7. The van der Waals surface area contributed by atoms with Crippen molar-refractivity contribution in [3.63, 3.8) is 0 Å². The fraction of sp³-hybridized carbons (Fsp3) is 0. The van der Waals surface area contributed by atoms with E-state index in [0.29, 0.717) is 5.82 Å². The van der Waals surface area contributed by atoms with Gasteiger partial charge in [0.1, 0.15) is 0 Å². The zero-order chi connectivity index (χ0) is 41.0. The molecule has 0 saturated carbocycles. The molecule has 0 radical (unpaired) electrons. The Labute approximate surface area is 359 Å². The molecule has 0 amide bonds. The molecule has 4 nitrogen and oxygen atoms in total. The summed E-state index contributed by atoms with van der Waals surface area (Å²) in [6.07, 6.45) is 0. The lowest BCUT2D eigenvalue weighted by atomic mass is 9.98. The van der Waals surface area contributed by atoms with Crippen molar-refractivity contribution in [1.29, 1.82) is 0 Å². The summed E-state index contributed by atoms with van der Waals surface area (Å²) >= 11 is 0. The molecule has 0 fully saturated rings. The van der Waals surface area contributed by atoms with Crippen molar-refractivity contribution in [1.82, 2.24) is 19.1 Å². The SMILES string of the molecule is c1ccc(-c2cccc(-c3ccc(-c4nc(-c5ccc6c(c5)c5ccccc5n6-c5ccccc5)cc(-c5ccc6c7ccccc7n(-c7ccccc7)c6c5)n4)cc3)c2)cc1. The highest BCUT2D eigenvalue weighted by atomic mass is 15.0. The van der Waals surface area contributed by atoms with E-state index >= 15 is 0 Å². The largest absolute Gasteiger partial charge is 0.309 e. The molecule has 0 atom stereocenters. The van der Waals surface area contributed by atoms with Gasteiger partial charge in [-0.2, -0.15) is 0 Å². The van der Waals surface area contributed by atoms with Crippen molar-refractivity contribution < 1.29 is 0 Å². The molecule has 62 heavy (non-hydrogen) atoms. The van der Waals surface area contributed by atoms with Crippen LogP contribution in [0.1, 0.15) is 0 Å². The summed E-state index contributed by atoms with van der Waals surface area (Å²) in [6.45, 7) is 0. The van der Waals surface area contributed by atoms with Crippen LogP contribution < -0.4 is 0 Å². The number of hydrogen-bond acceptors (Lipinski definition) is 2. The second-order valence-electron chi connectivity index (χ2n) is 15.8. The van der Waals surface area contributed by atoms with Crippen molar-refractivity contribution in [2.45, 2.75) is 0 Å². The molecular formula is C58H38N4. The third-order valence-electron chi connectivity index (χ3n) is 12.1. The van der Waals surface area contributed by atoms with Gasteiger partial charge in [0.05, 0.1) is 33.5 Å². The van der Waals surface area contributed by atoms with Crippen molar-refractivity contribution in [2.24, 2.45) is 0 Å². The standard InChI is InChI=1S/C58H38N4/c1-4-15-39(16-5-1)42-17-14-18-43(35-42)40-27-29-41(30-28-40)58-59-52(44-32-34-56-51(36-44)49-24-11-13-26-55(49)61(56)46-19-6-2-7-20-46)38-53(60-58)45-31-33-50-48-23-10-12-25-54(48)62(57(50)37-45)47-21-8-3-9-22-47/h1-38H. The van der Waals surface area contributed by atoms with Gasteiger partial charge in [0.2, 0.25) is 0 Å². The molecule has 3 heterocycles. The quantitative estimate of drug-likeness (QED) is 0.161. The first-order valence-electron chi connectivity index (χ1n) is 21.1. The molecule has 12 rings (SSSR count). The minimum atomic E-state index is 0.678. The van der Waals surface area contributed by atoms with Gasteiger partial charge in [-0.3, -0.25) is 0 Å². The number of rotatable bonds is 7. The number of hydrogen-bond donors (Lipinski definition) is 0. The van der Waals surface area contributed by atoms with Gasteiger partial charge < -0.3 is 9.13 Å². The maximum atomic E-state index is 5.35. The van der Waals surface area contributed by atoms with Crippen LogP contribution in [0.5, 0.6) is 0 Å².